The first-order valence-electron chi connectivity index (χ1n) is 5.80. The summed E-state index contributed by atoms with van der Waals surface area (Å²) in [5.74, 6) is 0.893. The molecular weight excluding hydrogens is 240 g/mol. The Hall–Kier alpha value is -1.01. The quantitative estimate of drug-likeness (QED) is 0.796. The van der Waals surface area contributed by atoms with Crippen LogP contribution in [0.5, 0.6) is 0 Å². The molecule has 6 heteroatoms. The lowest BCUT2D eigenvalue weighted by molar-refractivity contribution is 0.270. The predicted molar refractivity (Wildman–Crippen MR) is 66.5 cm³/mol. The molecule has 1 aliphatic heterocycles. The first kappa shape index (κ1) is 12.4. The number of fused-ring (bicyclic) bond motifs is 1. The summed E-state index contributed by atoms with van der Waals surface area (Å²) in [7, 11) is 0. The summed E-state index contributed by atoms with van der Waals surface area (Å²) in [6.45, 7) is 2.67. The Morgan fingerprint density at radius 1 is 1.41 bits per heavy atom. The Kier molecular flexibility index (Phi) is 3.73. The van der Waals surface area contributed by atoms with Crippen LogP contribution in [0.1, 0.15) is 25.3 Å². The van der Waals surface area contributed by atoms with Gasteiger partial charge in [0.05, 0.1) is 17.2 Å². The van der Waals surface area contributed by atoms with E-state index in [0.29, 0.717) is 23.7 Å². The van der Waals surface area contributed by atoms with Crippen molar-refractivity contribution < 1.29 is 5.11 Å². The third kappa shape index (κ3) is 2.07. The third-order valence-electron chi connectivity index (χ3n) is 2.84. The molecule has 0 aromatic carbocycles. The molecular formula is C11H16N2O3S. The van der Waals surface area contributed by atoms with Gasteiger partial charge in [-0.15, -0.1) is 11.8 Å². The van der Waals surface area contributed by atoms with Crippen molar-refractivity contribution in [3.8, 4) is 0 Å². The standard InChI is InChI=1S/C11H16N2O3S/c1-2-4-12-9(15)8(7-14)10-13(11(12)16)5-3-6-17-10/h14H,2-7H2,1H3. The highest BCUT2D eigenvalue weighted by Gasteiger charge is 2.20. The number of hydrogen-bond acceptors (Lipinski definition) is 4. The Morgan fingerprint density at radius 3 is 2.82 bits per heavy atom. The lowest BCUT2D eigenvalue weighted by atomic mass is 10.3. The van der Waals surface area contributed by atoms with E-state index < -0.39 is 0 Å². The van der Waals surface area contributed by atoms with Crippen LogP contribution in [-0.2, 0) is 19.7 Å². The number of thioether (sulfide) groups is 1. The van der Waals surface area contributed by atoms with E-state index in [1.165, 1.54) is 16.3 Å². The third-order valence-corrected chi connectivity index (χ3v) is 4.07. The molecule has 0 unspecified atom stereocenters. The van der Waals surface area contributed by atoms with Crippen LogP contribution >= 0.6 is 11.8 Å². The molecule has 0 bridgehead atoms. The van der Waals surface area contributed by atoms with Crippen molar-refractivity contribution in [1.29, 1.82) is 0 Å². The minimum atomic E-state index is -0.333. The van der Waals surface area contributed by atoms with Crippen molar-refractivity contribution in [3.05, 3.63) is 26.4 Å². The van der Waals surface area contributed by atoms with Gasteiger partial charge in [-0.2, -0.15) is 0 Å². The van der Waals surface area contributed by atoms with Gasteiger partial charge in [-0.1, -0.05) is 6.92 Å². The van der Waals surface area contributed by atoms with Gasteiger partial charge in [0.1, 0.15) is 0 Å². The summed E-state index contributed by atoms with van der Waals surface area (Å²) in [6.07, 6.45) is 1.65. The zero-order chi connectivity index (χ0) is 12.4. The summed E-state index contributed by atoms with van der Waals surface area (Å²) in [4.78, 5) is 24.2. The van der Waals surface area contributed by atoms with E-state index in [1.54, 1.807) is 4.57 Å². The number of rotatable bonds is 3. The van der Waals surface area contributed by atoms with Gasteiger partial charge in [0.25, 0.3) is 5.56 Å². The minimum Gasteiger partial charge on any atom is -0.391 e. The van der Waals surface area contributed by atoms with Crippen LogP contribution in [0.2, 0.25) is 0 Å². The first-order chi connectivity index (χ1) is 8.20. The topological polar surface area (TPSA) is 64.2 Å². The van der Waals surface area contributed by atoms with Gasteiger partial charge in [0.2, 0.25) is 0 Å². The largest absolute Gasteiger partial charge is 0.391 e. The molecule has 0 saturated carbocycles. The van der Waals surface area contributed by atoms with Gasteiger partial charge in [0, 0.05) is 18.8 Å². The monoisotopic (exact) mass is 256 g/mol. The molecule has 2 heterocycles. The van der Waals surface area contributed by atoms with Crippen LogP contribution in [0, 0.1) is 0 Å². The molecule has 5 nitrogen and oxygen atoms in total. The number of nitrogens with zero attached hydrogens (tertiary/aromatic N) is 2. The summed E-state index contributed by atoms with van der Waals surface area (Å²) < 4.78 is 2.86. The van der Waals surface area contributed by atoms with E-state index in [1.807, 2.05) is 6.92 Å². The lowest BCUT2D eigenvalue weighted by Gasteiger charge is -2.21. The molecule has 0 spiro atoms. The molecule has 0 amide bonds. The van der Waals surface area contributed by atoms with Gasteiger partial charge in [-0.25, -0.2) is 4.79 Å². The summed E-state index contributed by atoms with van der Waals surface area (Å²) in [5, 5.41) is 9.97. The smallest absolute Gasteiger partial charge is 0.331 e. The van der Waals surface area contributed by atoms with E-state index in [4.69, 9.17) is 0 Å². The highest BCUT2D eigenvalue weighted by atomic mass is 32.2. The van der Waals surface area contributed by atoms with Gasteiger partial charge < -0.3 is 5.11 Å². The number of aliphatic hydroxyl groups is 1. The molecule has 0 aliphatic carbocycles. The van der Waals surface area contributed by atoms with Gasteiger partial charge in [-0.05, 0) is 12.8 Å². The molecule has 0 saturated heterocycles. The highest BCUT2D eigenvalue weighted by Crippen LogP contribution is 2.24. The molecule has 0 fully saturated rings. The van der Waals surface area contributed by atoms with Crippen molar-refractivity contribution in [2.45, 2.75) is 44.5 Å². The van der Waals surface area contributed by atoms with Crippen LogP contribution in [0.3, 0.4) is 0 Å². The van der Waals surface area contributed by atoms with Gasteiger partial charge in [0.15, 0.2) is 0 Å². The molecule has 17 heavy (non-hydrogen) atoms. The van der Waals surface area contributed by atoms with Crippen molar-refractivity contribution in [1.82, 2.24) is 9.13 Å². The van der Waals surface area contributed by atoms with E-state index >= 15 is 0 Å². The molecule has 0 radical (unpaired) electrons. The maximum absolute atomic E-state index is 12.1. The zero-order valence-corrected chi connectivity index (χ0v) is 10.6. The minimum absolute atomic E-state index is 0.240. The number of aliphatic hydroxyl groups excluding tert-OH is 1. The average molecular weight is 256 g/mol. The summed E-state index contributed by atoms with van der Waals surface area (Å²) in [6, 6.07) is 0. The van der Waals surface area contributed by atoms with Crippen LogP contribution in [-0.4, -0.2) is 20.0 Å². The molecule has 1 aromatic heterocycles. The van der Waals surface area contributed by atoms with E-state index in [0.717, 1.165) is 18.6 Å². The molecule has 1 N–H and O–H groups in total. The van der Waals surface area contributed by atoms with Crippen molar-refractivity contribution >= 4 is 11.8 Å². The number of aromatic nitrogens is 2. The lowest BCUT2D eigenvalue weighted by Crippen LogP contribution is -2.43. The molecule has 2 rings (SSSR count). The maximum atomic E-state index is 12.1. The SMILES string of the molecule is CCCn1c(=O)c(CO)c2n(c1=O)CCCS2. The van der Waals surface area contributed by atoms with E-state index in [2.05, 4.69) is 0 Å². The Labute approximate surface area is 103 Å². The molecule has 94 valence electrons. The average Bonchev–Trinajstić information content (AvgIpc) is 2.35. The maximum Gasteiger partial charge on any atom is 0.331 e. The fraction of sp³-hybridized carbons (Fsp3) is 0.636. The fourth-order valence-electron chi connectivity index (χ4n) is 2.05. The van der Waals surface area contributed by atoms with E-state index in [-0.39, 0.29) is 17.9 Å². The fourth-order valence-corrected chi connectivity index (χ4v) is 3.16. The first-order valence-corrected chi connectivity index (χ1v) is 6.79. The number of hydrogen-bond donors (Lipinski definition) is 1. The Morgan fingerprint density at radius 2 is 2.18 bits per heavy atom. The van der Waals surface area contributed by atoms with Crippen LogP contribution < -0.4 is 11.2 Å². The van der Waals surface area contributed by atoms with Crippen molar-refractivity contribution in [2.24, 2.45) is 0 Å². The van der Waals surface area contributed by atoms with Crippen LogP contribution in [0.15, 0.2) is 14.6 Å². The normalized spacial score (nSPS) is 14.7. The summed E-state index contributed by atoms with van der Waals surface area (Å²) in [5.41, 5.74) is -0.209. The summed E-state index contributed by atoms with van der Waals surface area (Å²) >= 11 is 1.48. The van der Waals surface area contributed by atoms with Gasteiger partial charge >= 0.3 is 5.69 Å². The van der Waals surface area contributed by atoms with Crippen LogP contribution in [0.4, 0.5) is 0 Å². The van der Waals surface area contributed by atoms with Crippen molar-refractivity contribution in [3.63, 3.8) is 0 Å². The highest BCUT2D eigenvalue weighted by molar-refractivity contribution is 7.99. The Bertz CT molecular complexity index is 501. The van der Waals surface area contributed by atoms with E-state index in [9.17, 15) is 14.7 Å². The molecule has 1 aliphatic rings. The second kappa shape index (κ2) is 5.10. The molecule has 1 aromatic rings. The van der Waals surface area contributed by atoms with Gasteiger partial charge in [-0.3, -0.25) is 13.9 Å². The Balaban J connectivity index is 2.72. The zero-order valence-electron chi connectivity index (χ0n) is 9.81. The predicted octanol–water partition coefficient (Wildman–Crippen LogP) is 0.408. The second-order valence-electron chi connectivity index (χ2n) is 4.03. The molecule has 0 atom stereocenters. The van der Waals surface area contributed by atoms with Crippen molar-refractivity contribution in [2.75, 3.05) is 5.75 Å². The van der Waals surface area contributed by atoms with Crippen LogP contribution in [0.25, 0.3) is 0 Å². The second-order valence-corrected chi connectivity index (χ2v) is 5.12.